The minimum absolute atomic E-state index is 0.0170. The molecule has 1 heterocycles. The average Bonchev–Trinajstić information content (AvgIpc) is 2.67. The van der Waals surface area contributed by atoms with Crippen molar-refractivity contribution in [2.45, 2.75) is 43.7 Å². The van der Waals surface area contributed by atoms with Crippen molar-refractivity contribution < 1.29 is 39.5 Å². The van der Waals surface area contributed by atoms with Crippen LogP contribution >= 0.6 is 0 Å². The van der Waals surface area contributed by atoms with E-state index in [4.69, 9.17) is 14.6 Å². The minimum Gasteiger partial charge on any atom is -0.445 e. The molecule has 6 N–H and O–H groups in total. The summed E-state index contributed by atoms with van der Waals surface area (Å²) in [5, 5.41) is 43.0. The van der Waals surface area contributed by atoms with Crippen LogP contribution in [0.4, 0.5) is 4.79 Å². The minimum atomic E-state index is -1.58. The summed E-state index contributed by atoms with van der Waals surface area (Å²) >= 11 is 0. The number of hydrogen-bond acceptors (Lipinski definition) is 8. The Labute approximate surface area is 155 Å². The number of ether oxygens (including phenoxy) is 2. The Morgan fingerprint density at radius 2 is 1.78 bits per heavy atom. The lowest BCUT2D eigenvalue weighted by Crippen LogP contribution is -2.63. The van der Waals surface area contributed by atoms with E-state index < -0.39 is 49.3 Å². The molecule has 1 aliphatic heterocycles. The maximum atomic E-state index is 11.9. The Bertz CT molecular complexity index is 612. The molecule has 0 saturated carbocycles. The van der Waals surface area contributed by atoms with Crippen molar-refractivity contribution >= 4 is 12.0 Å². The standard InChI is InChI=1S/C17H24N2O8/c20-8-11-13(22)14(23)15(24)16(27-11)19-12(21)6-7-18-17(25)26-9-10-4-2-1-3-5-10/h1-5,11,13-16,20,22-24H,6-9H2,(H,18,25)(H,19,21)/t11-,13-,14+,15-,16-/m1/s1. The van der Waals surface area contributed by atoms with E-state index in [9.17, 15) is 24.9 Å². The zero-order chi connectivity index (χ0) is 19.8. The monoisotopic (exact) mass is 384 g/mol. The smallest absolute Gasteiger partial charge is 0.407 e. The number of rotatable bonds is 7. The van der Waals surface area contributed by atoms with E-state index in [-0.39, 0.29) is 19.6 Å². The van der Waals surface area contributed by atoms with Gasteiger partial charge < -0.3 is 40.5 Å². The Balaban J connectivity index is 1.68. The van der Waals surface area contributed by atoms with Gasteiger partial charge in [0, 0.05) is 13.0 Å². The number of alkyl carbamates (subject to hydrolysis) is 1. The lowest BCUT2D eigenvalue weighted by molar-refractivity contribution is -0.235. The molecule has 10 nitrogen and oxygen atoms in total. The molecule has 2 amide bonds. The van der Waals surface area contributed by atoms with Gasteiger partial charge in [0.2, 0.25) is 5.91 Å². The van der Waals surface area contributed by atoms with Crippen LogP contribution in [-0.4, -0.2) is 76.2 Å². The lowest BCUT2D eigenvalue weighted by Gasteiger charge is -2.40. The van der Waals surface area contributed by atoms with E-state index in [1.165, 1.54) is 0 Å². The summed E-state index contributed by atoms with van der Waals surface area (Å²) in [4.78, 5) is 23.5. The molecule has 0 aliphatic carbocycles. The quantitative estimate of drug-likeness (QED) is 0.322. The third kappa shape index (κ3) is 6.15. The number of hydrogen-bond donors (Lipinski definition) is 6. The van der Waals surface area contributed by atoms with E-state index in [0.717, 1.165) is 5.56 Å². The third-order valence-electron chi connectivity index (χ3n) is 4.03. The van der Waals surface area contributed by atoms with E-state index in [0.29, 0.717) is 0 Å². The van der Waals surface area contributed by atoms with Crippen molar-refractivity contribution in [1.82, 2.24) is 10.6 Å². The number of nitrogens with one attached hydrogen (secondary N) is 2. The second-order valence-electron chi connectivity index (χ2n) is 6.06. The Hall–Kier alpha value is -2.24. The zero-order valence-electron chi connectivity index (χ0n) is 14.5. The molecule has 0 spiro atoms. The molecule has 27 heavy (non-hydrogen) atoms. The summed E-state index contributed by atoms with van der Waals surface area (Å²) < 4.78 is 10.2. The number of benzene rings is 1. The molecule has 10 heteroatoms. The first-order valence-electron chi connectivity index (χ1n) is 8.46. The van der Waals surface area contributed by atoms with Gasteiger partial charge in [-0.25, -0.2) is 4.79 Å². The van der Waals surface area contributed by atoms with E-state index >= 15 is 0 Å². The maximum Gasteiger partial charge on any atom is 0.407 e. The zero-order valence-corrected chi connectivity index (χ0v) is 14.5. The molecule has 150 valence electrons. The molecular weight excluding hydrogens is 360 g/mol. The summed E-state index contributed by atoms with van der Waals surface area (Å²) in [6, 6.07) is 9.10. The summed E-state index contributed by atoms with van der Waals surface area (Å²) in [6.07, 6.45) is -7.85. The van der Waals surface area contributed by atoms with Crippen molar-refractivity contribution in [2.75, 3.05) is 13.2 Å². The van der Waals surface area contributed by atoms with Gasteiger partial charge in [0.05, 0.1) is 6.61 Å². The van der Waals surface area contributed by atoms with Crippen LogP contribution in [0.1, 0.15) is 12.0 Å². The SMILES string of the molecule is O=C(CCNC(=O)OCc1ccccc1)N[C@@H]1O[C@H](CO)[C@@H](O)[C@H](O)[C@H]1O. The molecule has 5 atom stereocenters. The first-order chi connectivity index (χ1) is 12.9. The molecule has 1 fully saturated rings. The maximum absolute atomic E-state index is 11.9. The lowest BCUT2D eigenvalue weighted by atomic mass is 9.98. The van der Waals surface area contributed by atoms with Crippen LogP contribution < -0.4 is 10.6 Å². The number of aliphatic hydroxyl groups excluding tert-OH is 4. The van der Waals surface area contributed by atoms with Gasteiger partial charge in [-0.15, -0.1) is 0 Å². The van der Waals surface area contributed by atoms with E-state index in [2.05, 4.69) is 10.6 Å². The number of carbonyl (C=O) groups is 2. The fourth-order valence-electron chi connectivity index (χ4n) is 2.50. The van der Waals surface area contributed by atoms with Crippen LogP contribution in [0.15, 0.2) is 30.3 Å². The highest BCUT2D eigenvalue weighted by molar-refractivity contribution is 5.77. The van der Waals surface area contributed by atoms with E-state index in [1.807, 2.05) is 18.2 Å². The van der Waals surface area contributed by atoms with Gasteiger partial charge in [-0.05, 0) is 5.56 Å². The van der Waals surface area contributed by atoms with Gasteiger partial charge in [0.1, 0.15) is 31.0 Å². The molecule has 0 radical (unpaired) electrons. The predicted octanol–water partition coefficient (Wildman–Crippen LogP) is -1.78. The molecule has 0 bridgehead atoms. The van der Waals surface area contributed by atoms with Crippen LogP contribution in [0.25, 0.3) is 0 Å². The Morgan fingerprint density at radius 3 is 2.44 bits per heavy atom. The van der Waals surface area contributed by atoms with Crippen molar-refractivity contribution in [3.63, 3.8) is 0 Å². The fourth-order valence-corrected chi connectivity index (χ4v) is 2.50. The van der Waals surface area contributed by atoms with Crippen molar-refractivity contribution in [2.24, 2.45) is 0 Å². The van der Waals surface area contributed by atoms with Crippen LogP contribution in [0, 0.1) is 0 Å². The highest BCUT2D eigenvalue weighted by Gasteiger charge is 2.43. The van der Waals surface area contributed by atoms with Crippen molar-refractivity contribution in [3.8, 4) is 0 Å². The predicted molar refractivity (Wildman–Crippen MR) is 91.2 cm³/mol. The summed E-state index contributed by atoms with van der Waals surface area (Å²) in [7, 11) is 0. The topological polar surface area (TPSA) is 158 Å². The normalized spacial score (nSPS) is 27.6. The summed E-state index contributed by atoms with van der Waals surface area (Å²) in [6.45, 7) is -0.507. The number of aliphatic hydroxyl groups is 4. The molecule has 1 aromatic rings. The molecule has 1 aromatic carbocycles. The second-order valence-corrected chi connectivity index (χ2v) is 6.06. The van der Waals surface area contributed by atoms with Crippen LogP contribution in [0.3, 0.4) is 0 Å². The molecule has 1 aliphatic rings. The van der Waals surface area contributed by atoms with Gasteiger partial charge in [0.15, 0.2) is 6.23 Å². The number of amides is 2. The summed E-state index contributed by atoms with van der Waals surface area (Å²) in [5.41, 5.74) is 0.827. The summed E-state index contributed by atoms with van der Waals surface area (Å²) in [5.74, 6) is -0.567. The van der Waals surface area contributed by atoms with Crippen LogP contribution in [-0.2, 0) is 20.9 Å². The van der Waals surface area contributed by atoms with Gasteiger partial charge >= 0.3 is 6.09 Å². The highest BCUT2D eigenvalue weighted by atomic mass is 16.6. The highest BCUT2D eigenvalue weighted by Crippen LogP contribution is 2.19. The Kier molecular flexibility index (Phi) is 7.95. The van der Waals surface area contributed by atoms with Gasteiger partial charge in [-0.2, -0.15) is 0 Å². The Morgan fingerprint density at radius 1 is 1.07 bits per heavy atom. The molecule has 1 saturated heterocycles. The first-order valence-corrected chi connectivity index (χ1v) is 8.46. The molecular formula is C17H24N2O8. The largest absolute Gasteiger partial charge is 0.445 e. The molecule has 0 unspecified atom stereocenters. The fraction of sp³-hybridized carbons (Fsp3) is 0.529. The second kappa shape index (κ2) is 10.2. The van der Waals surface area contributed by atoms with Crippen LogP contribution in [0.5, 0.6) is 0 Å². The number of carbonyl (C=O) groups excluding carboxylic acids is 2. The molecule has 2 rings (SSSR count). The van der Waals surface area contributed by atoms with Crippen molar-refractivity contribution in [1.29, 1.82) is 0 Å². The van der Waals surface area contributed by atoms with Gasteiger partial charge in [-0.1, -0.05) is 30.3 Å². The van der Waals surface area contributed by atoms with Crippen LogP contribution in [0.2, 0.25) is 0 Å². The average molecular weight is 384 g/mol. The van der Waals surface area contributed by atoms with Gasteiger partial charge in [0.25, 0.3) is 0 Å². The van der Waals surface area contributed by atoms with Gasteiger partial charge in [-0.3, -0.25) is 4.79 Å². The van der Waals surface area contributed by atoms with E-state index in [1.54, 1.807) is 12.1 Å². The third-order valence-corrected chi connectivity index (χ3v) is 4.03. The molecule has 0 aromatic heterocycles. The van der Waals surface area contributed by atoms with Crippen molar-refractivity contribution in [3.05, 3.63) is 35.9 Å². The first kappa shape index (κ1) is 21.1.